The van der Waals surface area contributed by atoms with Crippen LogP contribution in [0.2, 0.25) is 0 Å². The Balaban J connectivity index is 1.59. The first-order valence-electron chi connectivity index (χ1n) is 10.1. The van der Waals surface area contributed by atoms with Gasteiger partial charge in [-0.2, -0.15) is 0 Å². The monoisotopic (exact) mass is 408 g/mol. The molecule has 0 saturated carbocycles. The third kappa shape index (κ3) is 3.04. The quantitative estimate of drug-likeness (QED) is 0.519. The maximum absolute atomic E-state index is 13.8. The Morgan fingerprint density at radius 2 is 1.29 bits per heavy atom. The molecular formula is C25H20N4O2. The minimum absolute atomic E-state index is 0.0513. The first kappa shape index (κ1) is 18.9. The topological polar surface area (TPSA) is 75.2 Å². The Morgan fingerprint density at radius 3 is 1.87 bits per heavy atom. The van der Waals surface area contributed by atoms with E-state index in [0.29, 0.717) is 22.5 Å². The zero-order valence-electron chi connectivity index (χ0n) is 16.9. The highest BCUT2D eigenvalue weighted by atomic mass is 16.2. The fourth-order valence-corrected chi connectivity index (χ4v) is 4.08. The van der Waals surface area contributed by atoms with E-state index >= 15 is 0 Å². The lowest BCUT2D eigenvalue weighted by Gasteiger charge is -2.28. The van der Waals surface area contributed by atoms with E-state index in [4.69, 9.17) is 0 Å². The molecule has 31 heavy (non-hydrogen) atoms. The molecule has 1 aromatic heterocycles. The van der Waals surface area contributed by atoms with Crippen molar-refractivity contribution in [3.8, 4) is 0 Å². The lowest BCUT2D eigenvalue weighted by Crippen LogP contribution is -2.45. The summed E-state index contributed by atoms with van der Waals surface area (Å²) in [6.45, 7) is 1.89. The Labute approximate surface area is 179 Å². The van der Waals surface area contributed by atoms with Crippen molar-refractivity contribution in [3.63, 3.8) is 0 Å². The standard InChI is InChI=1S/C25H20N4O2/c1-17-22(27-21-15-9-8-14-20(21)26-17)16-29-23(30)25(28-24(29)31,18-10-4-2-5-11-18)19-12-6-3-7-13-19/h2-15H,16H2,1H3,(H,28,31). The molecule has 1 fully saturated rings. The number of hydrogen-bond donors (Lipinski definition) is 1. The first-order valence-corrected chi connectivity index (χ1v) is 10.1. The molecule has 3 aromatic carbocycles. The summed E-state index contributed by atoms with van der Waals surface area (Å²) in [5.41, 5.74) is 2.94. The molecule has 0 spiro atoms. The zero-order valence-corrected chi connectivity index (χ0v) is 16.9. The molecule has 5 rings (SSSR count). The zero-order chi connectivity index (χ0) is 21.4. The SMILES string of the molecule is Cc1nc2ccccc2nc1CN1C(=O)NC(c2ccccc2)(c2ccccc2)C1=O. The van der Waals surface area contributed by atoms with Crippen molar-refractivity contribution in [1.82, 2.24) is 20.2 Å². The highest BCUT2D eigenvalue weighted by molar-refractivity contribution is 6.09. The normalized spacial score (nSPS) is 15.3. The highest BCUT2D eigenvalue weighted by Gasteiger charge is 2.53. The summed E-state index contributed by atoms with van der Waals surface area (Å²) in [4.78, 5) is 37.4. The molecule has 0 radical (unpaired) electrons. The average molecular weight is 408 g/mol. The van der Waals surface area contributed by atoms with Crippen molar-refractivity contribution >= 4 is 23.0 Å². The second-order valence-corrected chi connectivity index (χ2v) is 7.55. The number of urea groups is 1. The number of amides is 3. The van der Waals surface area contributed by atoms with E-state index in [0.717, 1.165) is 11.0 Å². The molecule has 4 aromatic rings. The summed E-state index contributed by atoms with van der Waals surface area (Å²) >= 11 is 0. The highest BCUT2D eigenvalue weighted by Crippen LogP contribution is 2.36. The van der Waals surface area contributed by atoms with Crippen molar-refractivity contribution in [2.75, 3.05) is 0 Å². The first-order chi connectivity index (χ1) is 15.1. The second-order valence-electron chi connectivity index (χ2n) is 7.55. The number of hydrogen-bond acceptors (Lipinski definition) is 4. The largest absolute Gasteiger partial charge is 0.325 e. The van der Waals surface area contributed by atoms with Gasteiger partial charge in [0.05, 0.1) is 29.0 Å². The van der Waals surface area contributed by atoms with Gasteiger partial charge in [-0.1, -0.05) is 72.8 Å². The molecule has 152 valence electrons. The third-order valence-electron chi connectivity index (χ3n) is 5.67. The summed E-state index contributed by atoms with van der Waals surface area (Å²) in [6, 6.07) is 25.7. The van der Waals surface area contributed by atoms with Crippen LogP contribution in [0.1, 0.15) is 22.5 Å². The molecule has 0 aliphatic carbocycles. The fourth-order valence-electron chi connectivity index (χ4n) is 4.08. The molecular weight excluding hydrogens is 388 g/mol. The van der Waals surface area contributed by atoms with E-state index in [9.17, 15) is 9.59 Å². The lowest BCUT2D eigenvalue weighted by molar-refractivity contribution is -0.130. The number of nitrogens with zero attached hydrogens (tertiary/aromatic N) is 3. The summed E-state index contributed by atoms with van der Waals surface area (Å²) in [5.74, 6) is -0.329. The van der Waals surface area contributed by atoms with Gasteiger partial charge in [0.2, 0.25) is 0 Å². The Kier molecular flexibility index (Phi) is 4.47. The molecule has 0 unspecified atom stereocenters. The van der Waals surface area contributed by atoms with Gasteiger partial charge >= 0.3 is 6.03 Å². The number of para-hydroxylation sites is 2. The van der Waals surface area contributed by atoms with Gasteiger partial charge in [-0.05, 0) is 30.2 Å². The van der Waals surface area contributed by atoms with Crippen LogP contribution in [0.4, 0.5) is 4.79 Å². The van der Waals surface area contributed by atoms with E-state index < -0.39 is 11.6 Å². The summed E-state index contributed by atoms with van der Waals surface area (Å²) in [5, 5.41) is 2.97. The summed E-state index contributed by atoms with van der Waals surface area (Å²) in [7, 11) is 0. The van der Waals surface area contributed by atoms with Gasteiger partial charge in [-0.3, -0.25) is 9.69 Å². The van der Waals surface area contributed by atoms with E-state index in [1.54, 1.807) is 0 Å². The van der Waals surface area contributed by atoms with Crippen molar-refractivity contribution < 1.29 is 9.59 Å². The van der Waals surface area contributed by atoms with Crippen LogP contribution in [0.25, 0.3) is 11.0 Å². The minimum Gasteiger partial charge on any atom is -0.315 e. The Bertz CT molecular complexity index is 1250. The second kappa shape index (κ2) is 7.32. The summed E-state index contributed by atoms with van der Waals surface area (Å²) in [6.07, 6.45) is 0. The van der Waals surface area contributed by atoms with Crippen LogP contribution in [0.15, 0.2) is 84.9 Å². The van der Waals surface area contributed by atoms with Crippen LogP contribution < -0.4 is 5.32 Å². The summed E-state index contributed by atoms with van der Waals surface area (Å²) < 4.78 is 0. The van der Waals surface area contributed by atoms with Gasteiger partial charge < -0.3 is 5.32 Å². The minimum atomic E-state index is -1.28. The average Bonchev–Trinajstić information content (AvgIpc) is 3.06. The maximum Gasteiger partial charge on any atom is 0.325 e. The number of imide groups is 1. The Hall–Kier alpha value is -4.06. The van der Waals surface area contributed by atoms with Crippen molar-refractivity contribution in [2.24, 2.45) is 0 Å². The number of carbonyl (C=O) groups is 2. The number of nitrogens with one attached hydrogen (secondary N) is 1. The third-order valence-corrected chi connectivity index (χ3v) is 5.67. The van der Waals surface area contributed by atoms with Crippen LogP contribution >= 0.6 is 0 Å². The van der Waals surface area contributed by atoms with Gasteiger partial charge in [-0.25, -0.2) is 14.8 Å². The van der Waals surface area contributed by atoms with Gasteiger partial charge in [0.1, 0.15) is 0 Å². The molecule has 1 saturated heterocycles. The van der Waals surface area contributed by atoms with Gasteiger partial charge in [-0.15, -0.1) is 0 Å². The van der Waals surface area contributed by atoms with Crippen LogP contribution in [0.5, 0.6) is 0 Å². The van der Waals surface area contributed by atoms with Gasteiger partial charge in [0, 0.05) is 0 Å². The van der Waals surface area contributed by atoms with Gasteiger partial charge in [0.15, 0.2) is 5.54 Å². The number of aryl methyl sites for hydroxylation is 1. The van der Waals surface area contributed by atoms with Crippen molar-refractivity contribution in [3.05, 3.63) is 107 Å². The van der Waals surface area contributed by atoms with Crippen LogP contribution in [0, 0.1) is 6.92 Å². The fraction of sp³-hybridized carbons (Fsp3) is 0.120. The van der Waals surface area contributed by atoms with Gasteiger partial charge in [0.25, 0.3) is 5.91 Å². The molecule has 6 nitrogen and oxygen atoms in total. The molecule has 1 aliphatic heterocycles. The number of aromatic nitrogens is 2. The number of carbonyl (C=O) groups excluding carboxylic acids is 2. The molecule has 0 bridgehead atoms. The van der Waals surface area contributed by atoms with E-state index in [-0.39, 0.29) is 12.5 Å². The van der Waals surface area contributed by atoms with Crippen LogP contribution in [0.3, 0.4) is 0 Å². The molecule has 0 atom stereocenters. The molecule has 1 aliphatic rings. The maximum atomic E-state index is 13.8. The van der Waals surface area contributed by atoms with E-state index in [1.165, 1.54) is 4.90 Å². The smallest absolute Gasteiger partial charge is 0.315 e. The van der Waals surface area contributed by atoms with Crippen molar-refractivity contribution in [2.45, 2.75) is 19.0 Å². The molecule has 3 amide bonds. The number of rotatable bonds is 4. The molecule has 6 heteroatoms. The van der Waals surface area contributed by atoms with Crippen LogP contribution in [-0.4, -0.2) is 26.8 Å². The van der Waals surface area contributed by atoms with Crippen molar-refractivity contribution in [1.29, 1.82) is 0 Å². The molecule has 1 N–H and O–H groups in total. The lowest BCUT2D eigenvalue weighted by atomic mass is 9.82. The number of fused-ring (bicyclic) bond motifs is 1. The predicted molar refractivity (Wildman–Crippen MR) is 117 cm³/mol. The molecule has 2 heterocycles. The predicted octanol–water partition coefficient (Wildman–Crippen LogP) is 3.93. The van der Waals surface area contributed by atoms with E-state index in [1.807, 2.05) is 91.9 Å². The number of benzene rings is 3. The Morgan fingerprint density at radius 1 is 0.774 bits per heavy atom. The van der Waals surface area contributed by atoms with E-state index in [2.05, 4.69) is 15.3 Å². The van der Waals surface area contributed by atoms with Crippen LogP contribution in [-0.2, 0) is 16.9 Å².